The second kappa shape index (κ2) is 3.95. The smallest absolute Gasteiger partial charge is 0.428 e. The maximum atomic E-state index is 10.8. The van der Waals surface area contributed by atoms with Crippen LogP contribution in [0.15, 0.2) is 5.10 Å². The van der Waals surface area contributed by atoms with Crippen molar-refractivity contribution in [3.63, 3.8) is 0 Å². The third kappa shape index (κ3) is 6.83. The van der Waals surface area contributed by atoms with Gasteiger partial charge in [-0.1, -0.05) is 0 Å². The molecule has 4 nitrogen and oxygen atoms in total. The lowest BCUT2D eigenvalue weighted by Crippen LogP contribution is -2.29. The van der Waals surface area contributed by atoms with E-state index in [4.69, 9.17) is 4.74 Å². The minimum absolute atomic E-state index is 0.465. The van der Waals surface area contributed by atoms with Gasteiger partial charge in [0.25, 0.3) is 0 Å². The molecular weight excluding hydrogens is 144 g/mol. The van der Waals surface area contributed by atoms with Crippen LogP contribution in [0, 0.1) is 0 Å². The van der Waals surface area contributed by atoms with Crippen molar-refractivity contribution >= 4 is 12.3 Å². The molecule has 0 heterocycles. The second-order valence-corrected chi connectivity index (χ2v) is 3.00. The Bertz CT molecular complexity index is 158. The Morgan fingerprint density at radius 3 is 2.45 bits per heavy atom. The number of ether oxygens (including phenoxy) is 1. The van der Waals surface area contributed by atoms with Gasteiger partial charge in [0.1, 0.15) is 5.60 Å². The quantitative estimate of drug-likeness (QED) is 0.464. The lowest BCUT2D eigenvalue weighted by atomic mass is 10.2. The number of hydrogen-bond acceptors (Lipinski definition) is 3. The van der Waals surface area contributed by atoms with Crippen molar-refractivity contribution in [3.8, 4) is 0 Å². The summed E-state index contributed by atoms with van der Waals surface area (Å²) in [6.07, 6.45) is 0.944. The Morgan fingerprint density at radius 2 is 2.09 bits per heavy atom. The number of carbonyl (C=O) groups excluding carboxylic acids is 1. The first-order valence-corrected chi connectivity index (χ1v) is 3.42. The number of amides is 1. The van der Waals surface area contributed by atoms with Gasteiger partial charge < -0.3 is 4.74 Å². The summed E-state index contributed by atoms with van der Waals surface area (Å²) >= 11 is 0. The van der Waals surface area contributed by atoms with Gasteiger partial charge in [0.15, 0.2) is 0 Å². The summed E-state index contributed by atoms with van der Waals surface area (Å²) in [4.78, 5) is 10.8. The molecule has 0 aliphatic carbocycles. The fourth-order valence-corrected chi connectivity index (χ4v) is 0.418. The molecule has 0 saturated carbocycles. The van der Waals surface area contributed by atoms with Gasteiger partial charge in [0, 0.05) is 6.21 Å². The van der Waals surface area contributed by atoms with E-state index in [0.717, 1.165) is 0 Å². The SMILES string of the molecule is C/C=N/NC(=O)OC(C)(C)C. The fourth-order valence-electron chi connectivity index (χ4n) is 0.418. The molecule has 0 atom stereocenters. The highest BCUT2D eigenvalue weighted by Crippen LogP contribution is 2.05. The van der Waals surface area contributed by atoms with E-state index in [1.54, 1.807) is 27.7 Å². The van der Waals surface area contributed by atoms with Crippen LogP contribution in [0.4, 0.5) is 4.79 Å². The van der Waals surface area contributed by atoms with Crippen LogP contribution in [0.1, 0.15) is 27.7 Å². The summed E-state index contributed by atoms with van der Waals surface area (Å²) in [5.74, 6) is 0. The molecule has 0 unspecified atom stereocenters. The molecule has 0 bridgehead atoms. The summed E-state index contributed by atoms with van der Waals surface area (Å²) in [7, 11) is 0. The van der Waals surface area contributed by atoms with Crippen LogP contribution in [-0.2, 0) is 4.74 Å². The Labute approximate surface area is 66.6 Å². The van der Waals surface area contributed by atoms with Gasteiger partial charge in [-0.05, 0) is 27.7 Å². The highest BCUT2D eigenvalue weighted by atomic mass is 16.6. The molecule has 0 aromatic carbocycles. The predicted octanol–water partition coefficient (Wildman–Crippen LogP) is 1.52. The van der Waals surface area contributed by atoms with Crippen molar-refractivity contribution in [2.45, 2.75) is 33.3 Å². The molecule has 0 fully saturated rings. The average Bonchev–Trinajstić information content (AvgIpc) is 1.79. The van der Waals surface area contributed by atoms with E-state index < -0.39 is 11.7 Å². The molecule has 0 aliphatic heterocycles. The Balaban J connectivity index is 3.70. The van der Waals surface area contributed by atoms with Crippen LogP contribution < -0.4 is 5.43 Å². The minimum Gasteiger partial charge on any atom is -0.443 e. The zero-order chi connectivity index (χ0) is 8.91. The number of hydrogen-bond donors (Lipinski definition) is 1. The molecule has 0 aromatic heterocycles. The number of nitrogens with zero attached hydrogens (tertiary/aromatic N) is 1. The van der Waals surface area contributed by atoms with Crippen LogP contribution in [0.5, 0.6) is 0 Å². The van der Waals surface area contributed by atoms with Crippen molar-refractivity contribution in [1.82, 2.24) is 5.43 Å². The maximum absolute atomic E-state index is 10.8. The predicted molar refractivity (Wildman–Crippen MR) is 43.5 cm³/mol. The summed E-state index contributed by atoms with van der Waals surface area (Å²) in [6.45, 7) is 7.09. The van der Waals surface area contributed by atoms with Crippen LogP contribution in [0.2, 0.25) is 0 Å². The van der Waals surface area contributed by atoms with Gasteiger partial charge >= 0.3 is 6.09 Å². The molecule has 11 heavy (non-hydrogen) atoms. The van der Waals surface area contributed by atoms with E-state index in [2.05, 4.69) is 10.5 Å². The maximum Gasteiger partial charge on any atom is 0.428 e. The van der Waals surface area contributed by atoms with E-state index in [9.17, 15) is 4.79 Å². The summed E-state index contributed by atoms with van der Waals surface area (Å²) < 4.78 is 4.88. The first kappa shape index (κ1) is 9.94. The standard InChI is InChI=1S/C7H14N2O2/c1-5-8-9-6(10)11-7(2,3)4/h5H,1-4H3,(H,9,10)/b8-5+. The summed E-state index contributed by atoms with van der Waals surface area (Å²) in [6, 6.07) is 0. The number of carbonyl (C=O) groups is 1. The van der Waals surface area contributed by atoms with Gasteiger partial charge in [-0.2, -0.15) is 5.10 Å². The van der Waals surface area contributed by atoms with Crippen LogP contribution in [0.25, 0.3) is 0 Å². The minimum atomic E-state index is -0.532. The molecule has 4 heteroatoms. The molecule has 0 rings (SSSR count). The van der Waals surface area contributed by atoms with Crippen molar-refractivity contribution in [1.29, 1.82) is 0 Å². The third-order valence-corrected chi connectivity index (χ3v) is 0.684. The van der Waals surface area contributed by atoms with Crippen LogP contribution in [-0.4, -0.2) is 17.9 Å². The second-order valence-electron chi connectivity index (χ2n) is 3.00. The van der Waals surface area contributed by atoms with E-state index in [1.807, 2.05) is 0 Å². The molecule has 0 spiro atoms. The Morgan fingerprint density at radius 1 is 1.55 bits per heavy atom. The molecule has 0 radical (unpaired) electrons. The topological polar surface area (TPSA) is 50.7 Å². The lowest BCUT2D eigenvalue weighted by molar-refractivity contribution is 0.0529. The Kier molecular flexibility index (Phi) is 3.57. The molecule has 1 amide bonds. The average molecular weight is 158 g/mol. The largest absolute Gasteiger partial charge is 0.443 e. The van der Waals surface area contributed by atoms with Gasteiger partial charge in [-0.3, -0.25) is 0 Å². The lowest BCUT2D eigenvalue weighted by Gasteiger charge is -2.18. The number of rotatable bonds is 1. The zero-order valence-corrected chi connectivity index (χ0v) is 7.34. The van der Waals surface area contributed by atoms with Gasteiger partial charge in [0.05, 0.1) is 0 Å². The zero-order valence-electron chi connectivity index (χ0n) is 7.34. The number of nitrogens with one attached hydrogen (secondary N) is 1. The van der Waals surface area contributed by atoms with Crippen molar-refractivity contribution in [2.24, 2.45) is 5.10 Å². The van der Waals surface area contributed by atoms with E-state index in [0.29, 0.717) is 0 Å². The first-order chi connectivity index (χ1) is 4.95. The van der Waals surface area contributed by atoms with Gasteiger partial charge in [0.2, 0.25) is 0 Å². The van der Waals surface area contributed by atoms with Crippen molar-refractivity contribution in [3.05, 3.63) is 0 Å². The van der Waals surface area contributed by atoms with Gasteiger partial charge in [-0.25, -0.2) is 10.2 Å². The monoisotopic (exact) mass is 158 g/mol. The van der Waals surface area contributed by atoms with Crippen LogP contribution in [0.3, 0.4) is 0 Å². The molecule has 0 aliphatic rings. The highest BCUT2D eigenvalue weighted by Gasteiger charge is 2.14. The molecule has 0 saturated heterocycles. The van der Waals surface area contributed by atoms with E-state index in [-0.39, 0.29) is 0 Å². The molecule has 0 aromatic rings. The van der Waals surface area contributed by atoms with E-state index >= 15 is 0 Å². The molecular formula is C7H14N2O2. The molecule has 1 N–H and O–H groups in total. The normalized spacial score (nSPS) is 11.6. The third-order valence-electron chi connectivity index (χ3n) is 0.684. The van der Waals surface area contributed by atoms with Crippen LogP contribution >= 0.6 is 0 Å². The highest BCUT2D eigenvalue weighted by molar-refractivity contribution is 5.68. The first-order valence-electron chi connectivity index (χ1n) is 3.42. The molecule has 64 valence electrons. The summed E-state index contributed by atoms with van der Waals surface area (Å²) in [5, 5.41) is 3.51. The fraction of sp³-hybridized carbons (Fsp3) is 0.714. The van der Waals surface area contributed by atoms with E-state index in [1.165, 1.54) is 6.21 Å². The van der Waals surface area contributed by atoms with Crippen molar-refractivity contribution < 1.29 is 9.53 Å². The summed E-state index contributed by atoms with van der Waals surface area (Å²) in [5.41, 5.74) is 1.73. The van der Waals surface area contributed by atoms with Gasteiger partial charge in [-0.15, -0.1) is 0 Å². The number of hydrazone groups is 1. The van der Waals surface area contributed by atoms with Crippen molar-refractivity contribution in [2.75, 3.05) is 0 Å². The Hall–Kier alpha value is -1.06.